The fraction of sp³-hybridized carbons (Fsp3) is 0.176. The Labute approximate surface area is 159 Å². The second kappa shape index (κ2) is 8.40. The van der Waals surface area contributed by atoms with Crippen molar-refractivity contribution >= 4 is 21.8 Å². The largest absolute Gasteiger partial charge is 0.405 e. The molecule has 2 aromatic rings. The van der Waals surface area contributed by atoms with Crippen LogP contribution in [0.2, 0.25) is 0 Å². The molecule has 0 unspecified atom stereocenters. The third-order valence-electron chi connectivity index (χ3n) is 3.56. The molecule has 0 aliphatic rings. The summed E-state index contributed by atoms with van der Waals surface area (Å²) in [4.78, 5) is 25.3. The zero-order chi connectivity index (χ0) is 20.9. The molecule has 0 bridgehead atoms. The summed E-state index contributed by atoms with van der Waals surface area (Å²) in [6, 6.07) is 10.7. The number of nitrogens with one attached hydrogen (secondary N) is 3. The topological polar surface area (TPSA) is 104 Å². The van der Waals surface area contributed by atoms with Gasteiger partial charge in [-0.25, -0.2) is 8.42 Å². The predicted molar refractivity (Wildman–Crippen MR) is 93.8 cm³/mol. The van der Waals surface area contributed by atoms with Gasteiger partial charge in [0, 0.05) is 11.1 Å². The Morgan fingerprint density at radius 3 is 2.14 bits per heavy atom. The van der Waals surface area contributed by atoms with Gasteiger partial charge in [0.1, 0.15) is 6.54 Å². The number of sulfonamides is 1. The molecule has 2 rings (SSSR count). The van der Waals surface area contributed by atoms with Crippen molar-refractivity contribution in [3.8, 4) is 0 Å². The molecule has 0 radical (unpaired) electrons. The highest BCUT2D eigenvalue weighted by Crippen LogP contribution is 2.14. The van der Waals surface area contributed by atoms with Crippen LogP contribution in [0.25, 0.3) is 0 Å². The molecule has 7 nitrogen and oxygen atoms in total. The minimum atomic E-state index is -4.56. The highest BCUT2D eigenvalue weighted by Gasteiger charge is 2.28. The number of rotatable bonds is 6. The summed E-state index contributed by atoms with van der Waals surface area (Å²) in [6.45, 7) is 0.185. The van der Waals surface area contributed by atoms with Gasteiger partial charge in [-0.1, -0.05) is 18.2 Å². The number of alkyl halides is 3. The number of hydrogen-bond donors (Lipinski definition) is 3. The Balaban J connectivity index is 2.03. The van der Waals surface area contributed by atoms with Gasteiger partial charge >= 0.3 is 6.18 Å². The van der Waals surface area contributed by atoms with Crippen LogP contribution in [0.3, 0.4) is 0 Å². The third kappa shape index (κ3) is 5.79. The zero-order valence-corrected chi connectivity index (χ0v) is 15.3. The highest BCUT2D eigenvalue weighted by molar-refractivity contribution is 7.89. The smallest absolute Gasteiger partial charge is 0.343 e. The van der Waals surface area contributed by atoms with Gasteiger partial charge in [0.25, 0.3) is 21.8 Å². The molecule has 0 aromatic heterocycles. The molecule has 2 amide bonds. The number of benzene rings is 2. The van der Waals surface area contributed by atoms with Crippen LogP contribution in [-0.2, 0) is 10.0 Å². The van der Waals surface area contributed by atoms with E-state index in [4.69, 9.17) is 0 Å². The second-order valence-corrected chi connectivity index (χ2v) is 7.38. The number of halogens is 3. The molecule has 11 heteroatoms. The average Bonchev–Trinajstić information content (AvgIpc) is 2.64. The van der Waals surface area contributed by atoms with Gasteiger partial charge in [-0.3, -0.25) is 15.0 Å². The first kappa shape index (κ1) is 21.4. The first-order valence-electron chi connectivity index (χ1n) is 7.82. The van der Waals surface area contributed by atoms with Crippen LogP contribution in [0, 0.1) is 6.92 Å². The van der Waals surface area contributed by atoms with Crippen molar-refractivity contribution < 1.29 is 31.2 Å². The molecule has 3 N–H and O–H groups in total. The SMILES string of the molecule is Cc1ccccc1C(=O)NNS(=O)(=O)c1ccc(C(=O)NCC(F)(F)F)cc1. The standard InChI is InChI=1S/C17H16F3N3O4S/c1-11-4-2-3-5-14(11)16(25)22-23-28(26,27)13-8-6-12(7-9-13)15(24)21-10-17(18,19)20/h2-9,23H,10H2,1H3,(H,21,24)(H,22,25). The number of carbonyl (C=O) groups excluding carboxylic acids is 2. The molecule has 0 saturated carbocycles. The molecule has 2 aromatic carbocycles. The van der Waals surface area contributed by atoms with Crippen molar-refractivity contribution in [2.24, 2.45) is 0 Å². The van der Waals surface area contributed by atoms with Gasteiger partial charge in [0.2, 0.25) is 0 Å². The van der Waals surface area contributed by atoms with Crippen LogP contribution in [0.1, 0.15) is 26.3 Å². The highest BCUT2D eigenvalue weighted by atomic mass is 32.2. The van der Waals surface area contributed by atoms with Crippen molar-refractivity contribution in [3.05, 3.63) is 65.2 Å². The maximum absolute atomic E-state index is 12.2. The van der Waals surface area contributed by atoms with E-state index in [1.165, 1.54) is 6.07 Å². The molecular weight excluding hydrogens is 399 g/mol. The van der Waals surface area contributed by atoms with E-state index in [0.29, 0.717) is 5.56 Å². The van der Waals surface area contributed by atoms with Crippen LogP contribution in [0.4, 0.5) is 13.2 Å². The van der Waals surface area contributed by atoms with Crippen LogP contribution in [-0.4, -0.2) is 33.0 Å². The number of aryl methyl sites for hydroxylation is 1. The van der Waals surface area contributed by atoms with Crippen molar-refractivity contribution in [2.75, 3.05) is 6.54 Å². The van der Waals surface area contributed by atoms with Gasteiger partial charge in [-0.2, -0.15) is 13.2 Å². The zero-order valence-electron chi connectivity index (χ0n) is 14.5. The monoisotopic (exact) mass is 415 g/mol. The van der Waals surface area contributed by atoms with E-state index in [0.717, 1.165) is 24.3 Å². The molecule has 0 spiro atoms. The van der Waals surface area contributed by atoms with Gasteiger partial charge in [0.05, 0.1) is 4.90 Å². The molecule has 0 heterocycles. The third-order valence-corrected chi connectivity index (χ3v) is 4.83. The van der Waals surface area contributed by atoms with E-state index in [2.05, 4.69) is 5.43 Å². The van der Waals surface area contributed by atoms with Crippen LogP contribution in [0.15, 0.2) is 53.4 Å². The summed E-state index contributed by atoms with van der Waals surface area (Å²) in [5.41, 5.74) is 2.85. The van der Waals surface area contributed by atoms with E-state index in [9.17, 15) is 31.2 Å². The van der Waals surface area contributed by atoms with E-state index in [1.54, 1.807) is 30.4 Å². The lowest BCUT2D eigenvalue weighted by Crippen LogP contribution is -2.41. The van der Waals surface area contributed by atoms with Crippen LogP contribution in [0.5, 0.6) is 0 Å². The van der Waals surface area contributed by atoms with E-state index < -0.39 is 34.6 Å². The first-order valence-corrected chi connectivity index (χ1v) is 9.31. The van der Waals surface area contributed by atoms with Gasteiger partial charge in [0.15, 0.2) is 0 Å². The summed E-state index contributed by atoms with van der Waals surface area (Å²) in [5.74, 6) is -1.66. The molecule has 0 saturated heterocycles. The number of carbonyl (C=O) groups is 2. The summed E-state index contributed by atoms with van der Waals surface area (Å²) in [7, 11) is -4.15. The number of hydrazine groups is 1. The molecule has 0 atom stereocenters. The lowest BCUT2D eigenvalue weighted by molar-refractivity contribution is -0.123. The fourth-order valence-corrected chi connectivity index (χ4v) is 2.97. The number of amides is 2. The minimum Gasteiger partial charge on any atom is -0.343 e. The predicted octanol–water partition coefficient (Wildman–Crippen LogP) is 1.91. The van der Waals surface area contributed by atoms with Gasteiger partial charge in [-0.15, -0.1) is 4.83 Å². The Morgan fingerprint density at radius 1 is 0.964 bits per heavy atom. The average molecular weight is 415 g/mol. The Morgan fingerprint density at radius 2 is 1.57 bits per heavy atom. The van der Waals surface area contributed by atoms with Crippen molar-refractivity contribution in [1.82, 2.24) is 15.6 Å². The maximum Gasteiger partial charge on any atom is 0.405 e. The summed E-state index contributed by atoms with van der Waals surface area (Å²) in [5, 5.41) is 1.67. The molecule has 28 heavy (non-hydrogen) atoms. The fourth-order valence-electron chi connectivity index (χ4n) is 2.14. The molecule has 0 aliphatic carbocycles. The quantitative estimate of drug-likeness (QED) is 0.627. The lowest BCUT2D eigenvalue weighted by atomic mass is 10.1. The van der Waals surface area contributed by atoms with Crippen LogP contribution >= 0.6 is 0 Å². The van der Waals surface area contributed by atoms with E-state index in [1.807, 2.05) is 4.83 Å². The summed E-state index contributed by atoms with van der Waals surface area (Å²) in [6.07, 6.45) is -4.56. The van der Waals surface area contributed by atoms with Crippen LogP contribution < -0.4 is 15.6 Å². The molecule has 0 fully saturated rings. The Hall–Kier alpha value is -2.92. The Kier molecular flexibility index (Phi) is 6.41. The second-order valence-electron chi connectivity index (χ2n) is 5.70. The number of hydrogen-bond acceptors (Lipinski definition) is 4. The van der Waals surface area contributed by atoms with E-state index >= 15 is 0 Å². The van der Waals surface area contributed by atoms with Gasteiger partial charge < -0.3 is 5.32 Å². The normalized spacial score (nSPS) is 11.7. The Bertz CT molecular complexity index is 974. The summed E-state index contributed by atoms with van der Waals surface area (Å²) >= 11 is 0. The molecule has 150 valence electrons. The van der Waals surface area contributed by atoms with E-state index in [-0.39, 0.29) is 16.0 Å². The van der Waals surface area contributed by atoms with Gasteiger partial charge in [-0.05, 0) is 42.8 Å². The minimum absolute atomic E-state index is 0.146. The van der Waals surface area contributed by atoms with Crippen molar-refractivity contribution in [3.63, 3.8) is 0 Å². The first-order chi connectivity index (χ1) is 13.0. The lowest BCUT2D eigenvalue weighted by Gasteiger charge is -2.11. The summed E-state index contributed by atoms with van der Waals surface area (Å²) < 4.78 is 60.8. The molecule has 0 aliphatic heterocycles. The maximum atomic E-state index is 12.2. The van der Waals surface area contributed by atoms with Crippen molar-refractivity contribution in [1.29, 1.82) is 0 Å². The molecular formula is C17H16F3N3O4S. The van der Waals surface area contributed by atoms with Crippen molar-refractivity contribution in [2.45, 2.75) is 18.0 Å².